The summed E-state index contributed by atoms with van der Waals surface area (Å²) in [5.74, 6) is 0.428. The van der Waals surface area contributed by atoms with Gasteiger partial charge in [-0.25, -0.2) is 4.79 Å². The van der Waals surface area contributed by atoms with Gasteiger partial charge in [-0.2, -0.15) is 0 Å². The van der Waals surface area contributed by atoms with Crippen molar-refractivity contribution in [2.45, 2.75) is 25.1 Å². The molecule has 3 amide bonds. The van der Waals surface area contributed by atoms with E-state index in [0.29, 0.717) is 25.3 Å². The van der Waals surface area contributed by atoms with Crippen molar-refractivity contribution in [2.75, 3.05) is 13.6 Å². The van der Waals surface area contributed by atoms with Gasteiger partial charge in [0.05, 0.1) is 12.7 Å². The Labute approximate surface area is 152 Å². The lowest BCUT2D eigenvalue weighted by molar-refractivity contribution is -0.124. The Morgan fingerprint density at radius 1 is 1.23 bits per heavy atom. The summed E-state index contributed by atoms with van der Waals surface area (Å²) in [7, 11) is 1.57. The van der Waals surface area contributed by atoms with Crippen LogP contribution in [0, 0.1) is 0 Å². The van der Waals surface area contributed by atoms with Crippen LogP contribution in [0.2, 0.25) is 0 Å². The molecule has 3 rings (SSSR count). The van der Waals surface area contributed by atoms with Gasteiger partial charge in [-0.05, 0) is 17.7 Å². The molecule has 1 aromatic heterocycles. The van der Waals surface area contributed by atoms with Gasteiger partial charge in [-0.3, -0.25) is 9.78 Å². The molecule has 1 saturated heterocycles. The van der Waals surface area contributed by atoms with E-state index in [4.69, 9.17) is 4.74 Å². The fraction of sp³-hybridized carbons (Fsp3) is 0.316. The molecule has 2 heterocycles. The molecule has 0 radical (unpaired) electrons. The maximum absolute atomic E-state index is 12.6. The highest BCUT2D eigenvalue weighted by atomic mass is 16.5. The maximum Gasteiger partial charge on any atom is 0.318 e. The zero-order chi connectivity index (χ0) is 18.4. The second kappa shape index (κ2) is 8.33. The van der Waals surface area contributed by atoms with Crippen LogP contribution in [-0.2, 0) is 11.3 Å². The highest BCUT2D eigenvalue weighted by molar-refractivity contribution is 5.87. The van der Waals surface area contributed by atoms with Crippen molar-refractivity contribution < 1.29 is 14.3 Å². The summed E-state index contributed by atoms with van der Waals surface area (Å²) in [6, 6.07) is 12.4. The predicted octanol–water partition coefficient (Wildman–Crippen LogP) is 1.56. The number of nitrogens with one attached hydrogen (secondary N) is 2. The number of ether oxygens (including phenoxy) is 1. The fourth-order valence-electron chi connectivity index (χ4n) is 3.01. The summed E-state index contributed by atoms with van der Waals surface area (Å²) >= 11 is 0. The normalized spacial score (nSPS) is 19.0. The molecule has 2 atom stereocenters. The number of hydrogen-bond acceptors (Lipinski definition) is 4. The van der Waals surface area contributed by atoms with Crippen LogP contribution in [0.15, 0.2) is 54.9 Å². The average Bonchev–Trinajstić information content (AvgIpc) is 3.11. The van der Waals surface area contributed by atoms with E-state index < -0.39 is 6.04 Å². The number of nitrogens with zero attached hydrogens (tertiary/aromatic N) is 2. The van der Waals surface area contributed by atoms with Crippen molar-refractivity contribution in [3.8, 4) is 5.75 Å². The Kier molecular flexibility index (Phi) is 5.68. The van der Waals surface area contributed by atoms with E-state index in [1.807, 2.05) is 30.3 Å². The third kappa shape index (κ3) is 4.30. The first kappa shape index (κ1) is 17.7. The Hall–Kier alpha value is -3.09. The van der Waals surface area contributed by atoms with Crippen molar-refractivity contribution in [1.82, 2.24) is 20.5 Å². The number of carbonyl (C=O) groups excluding carboxylic acids is 2. The first-order valence-electron chi connectivity index (χ1n) is 8.54. The molecule has 26 heavy (non-hydrogen) atoms. The molecular weight excluding hydrogens is 332 g/mol. The Morgan fingerprint density at radius 2 is 2.04 bits per heavy atom. The van der Waals surface area contributed by atoms with Crippen LogP contribution in [0.1, 0.15) is 12.0 Å². The predicted molar refractivity (Wildman–Crippen MR) is 96.5 cm³/mol. The molecule has 0 spiro atoms. The van der Waals surface area contributed by atoms with Crippen LogP contribution in [0.5, 0.6) is 5.75 Å². The molecule has 1 aromatic carbocycles. The van der Waals surface area contributed by atoms with Gasteiger partial charge in [-0.15, -0.1) is 0 Å². The van der Waals surface area contributed by atoms with Gasteiger partial charge in [0.25, 0.3) is 0 Å². The summed E-state index contributed by atoms with van der Waals surface area (Å²) in [5, 5.41) is 5.49. The molecule has 2 aromatic rings. The maximum atomic E-state index is 12.6. The number of likely N-dealkylation sites (tertiary alicyclic amines) is 1. The quantitative estimate of drug-likeness (QED) is 0.854. The molecule has 7 nitrogen and oxygen atoms in total. The third-order valence-corrected chi connectivity index (χ3v) is 4.30. The molecular formula is C19H22N4O3. The molecule has 2 N–H and O–H groups in total. The minimum atomic E-state index is -0.558. The molecule has 0 bridgehead atoms. The van der Waals surface area contributed by atoms with Crippen molar-refractivity contribution in [3.63, 3.8) is 0 Å². The highest BCUT2D eigenvalue weighted by Crippen LogP contribution is 2.23. The van der Waals surface area contributed by atoms with Crippen molar-refractivity contribution in [3.05, 3.63) is 60.4 Å². The zero-order valence-electron chi connectivity index (χ0n) is 14.6. The summed E-state index contributed by atoms with van der Waals surface area (Å²) in [5.41, 5.74) is 1.000. The molecule has 0 aliphatic carbocycles. The van der Waals surface area contributed by atoms with E-state index >= 15 is 0 Å². The van der Waals surface area contributed by atoms with Crippen molar-refractivity contribution >= 4 is 11.9 Å². The van der Waals surface area contributed by atoms with Gasteiger partial charge in [-0.1, -0.05) is 30.3 Å². The summed E-state index contributed by atoms with van der Waals surface area (Å²) in [6.07, 6.45) is 3.46. The van der Waals surface area contributed by atoms with Crippen LogP contribution in [-0.4, -0.2) is 47.6 Å². The Morgan fingerprint density at radius 3 is 2.73 bits per heavy atom. The number of likely N-dealkylation sites (N-methyl/N-ethyl adjacent to an activating group) is 1. The number of aromatic nitrogens is 1. The molecule has 1 fully saturated rings. The van der Waals surface area contributed by atoms with E-state index in [9.17, 15) is 9.59 Å². The largest absolute Gasteiger partial charge is 0.487 e. The van der Waals surface area contributed by atoms with Gasteiger partial charge in [0.15, 0.2) is 0 Å². The van der Waals surface area contributed by atoms with Crippen molar-refractivity contribution in [2.24, 2.45) is 0 Å². The third-order valence-electron chi connectivity index (χ3n) is 4.30. The van der Waals surface area contributed by atoms with Crippen LogP contribution >= 0.6 is 0 Å². The van der Waals surface area contributed by atoms with Crippen LogP contribution in [0.3, 0.4) is 0 Å². The van der Waals surface area contributed by atoms with Gasteiger partial charge in [0.1, 0.15) is 17.9 Å². The first-order chi connectivity index (χ1) is 12.7. The number of urea groups is 1. The molecule has 1 aliphatic heterocycles. The van der Waals surface area contributed by atoms with Crippen LogP contribution in [0.25, 0.3) is 0 Å². The topological polar surface area (TPSA) is 83.6 Å². The average molecular weight is 354 g/mol. The van der Waals surface area contributed by atoms with Gasteiger partial charge in [0, 0.05) is 26.2 Å². The molecule has 7 heteroatoms. The van der Waals surface area contributed by atoms with Gasteiger partial charge in [0.2, 0.25) is 5.91 Å². The Balaban J connectivity index is 1.64. The monoisotopic (exact) mass is 354 g/mol. The number of benzene rings is 1. The standard InChI is InChI=1S/C19H22N4O3/c1-20-18(24)17-10-16(26-15-8-5-9-21-12-15)13-23(17)19(25)22-11-14-6-3-2-4-7-14/h2-9,12,16-17H,10-11,13H2,1H3,(H,20,24)(H,22,25)/t16-,17+/m0/s1. The van der Waals surface area contributed by atoms with E-state index in [-0.39, 0.29) is 18.0 Å². The Bertz CT molecular complexity index is 739. The molecule has 1 aliphatic rings. The van der Waals surface area contributed by atoms with Gasteiger partial charge < -0.3 is 20.3 Å². The summed E-state index contributed by atoms with van der Waals surface area (Å²) in [6.45, 7) is 0.748. The lowest BCUT2D eigenvalue weighted by atomic mass is 10.2. The van der Waals surface area contributed by atoms with Gasteiger partial charge >= 0.3 is 6.03 Å². The summed E-state index contributed by atoms with van der Waals surface area (Å²) in [4.78, 5) is 30.4. The highest BCUT2D eigenvalue weighted by Gasteiger charge is 2.40. The molecule has 0 unspecified atom stereocenters. The van der Waals surface area contributed by atoms with Crippen LogP contribution < -0.4 is 15.4 Å². The number of amides is 3. The summed E-state index contributed by atoms with van der Waals surface area (Å²) < 4.78 is 5.88. The van der Waals surface area contributed by atoms with E-state index in [0.717, 1.165) is 5.56 Å². The zero-order valence-corrected chi connectivity index (χ0v) is 14.6. The lowest BCUT2D eigenvalue weighted by Crippen LogP contribution is -2.48. The number of pyridine rings is 1. The fourth-order valence-corrected chi connectivity index (χ4v) is 3.01. The minimum absolute atomic E-state index is 0.197. The van der Waals surface area contributed by atoms with Crippen LogP contribution in [0.4, 0.5) is 4.79 Å². The smallest absolute Gasteiger partial charge is 0.318 e. The number of hydrogen-bond donors (Lipinski definition) is 2. The first-order valence-corrected chi connectivity index (χ1v) is 8.54. The second-order valence-electron chi connectivity index (χ2n) is 6.09. The van der Waals surface area contributed by atoms with E-state index in [2.05, 4.69) is 15.6 Å². The molecule has 0 saturated carbocycles. The minimum Gasteiger partial charge on any atom is -0.487 e. The molecule has 136 valence electrons. The number of carbonyl (C=O) groups is 2. The van der Waals surface area contributed by atoms with E-state index in [1.54, 1.807) is 31.6 Å². The SMILES string of the molecule is CNC(=O)[C@H]1C[C@H](Oc2cccnc2)CN1C(=O)NCc1ccccc1. The van der Waals surface area contributed by atoms with Crippen molar-refractivity contribution in [1.29, 1.82) is 0 Å². The second-order valence-corrected chi connectivity index (χ2v) is 6.09. The number of rotatable bonds is 5. The van der Waals surface area contributed by atoms with E-state index in [1.165, 1.54) is 4.90 Å². The lowest BCUT2D eigenvalue weighted by Gasteiger charge is -2.23.